The average Bonchev–Trinajstić information content (AvgIpc) is 3.21. The van der Waals surface area contributed by atoms with E-state index in [-0.39, 0.29) is 6.42 Å². The van der Waals surface area contributed by atoms with Crippen LogP contribution in [0.3, 0.4) is 0 Å². The number of phosphoric ester groups is 1. The molecule has 2 unspecified atom stereocenters. The molecule has 17 nitrogen and oxygen atoms in total. The quantitative estimate of drug-likeness (QED) is 0.113. The van der Waals surface area contributed by atoms with Gasteiger partial charge in [-0.15, -0.1) is 0 Å². The summed E-state index contributed by atoms with van der Waals surface area (Å²) in [5, 5.41) is 25.2. The lowest BCUT2D eigenvalue weighted by atomic mass is 9.60. The van der Waals surface area contributed by atoms with Crippen LogP contribution >= 0.6 is 35.2 Å². The van der Waals surface area contributed by atoms with E-state index in [4.69, 9.17) is 14.3 Å². The maximum atomic E-state index is 12.2. The van der Waals surface area contributed by atoms with Crippen molar-refractivity contribution in [3.05, 3.63) is 6.33 Å². The first-order valence-electron chi connectivity index (χ1n) is 10.2. The van der Waals surface area contributed by atoms with Gasteiger partial charge in [-0.1, -0.05) is 11.8 Å². The van der Waals surface area contributed by atoms with Crippen LogP contribution in [0.4, 0.5) is 5.82 Å². The van der Waals surface area contributed by atoms with E-state index in [1.54, 1.807) is 17.9 Å². The van der Waals surface area contributed by atoms with Gasteiger partial charge in [0.15, 0.2) is 22.1 Å². The summed E-state index contributed by atoms with van der Waals surface area (Å²) in [6, 6.07) is -0.752. The SMILES string of the molecule is CNc1nc(SC)nc2c1ncn2[C@H]1[C@H](O)[C@H](O)[C@]2(COP(=O)(O)OP(=O)(O)OP(=O)(O)O)CC[C@H]12. The first-order valence-corrected chi connectivity index (χ1v) is 16.0. The molecule has 0 bridgehead atoms. The number of nitrogens with zero attached hydrogens (tertiary/aromatic N) is 4. The Bertz CT molecular complexity index is 1310. The first-order chi connectivity index (χ1) is 16.6. The molecule has 2 aromatic rings. The zero-order chi connectivity index (χ0) is 26.7. The Hall–Kier alpha value is -0.970. The molecule has 0 spiro atoms. The van der Waals surface area contributed by atoms with E-state index >= 15 is 0 Å². The molecule has 2 aliphatic carbocycles. The van der Waals surface area contributed by atoms with Crippen LogP contribution in [0, 0.1) is 11.3 Å². The minimum Gasteiger partial charge on any atom is -0.390 e. The number of aromatic nitrogens is 4. The second-order valence-electron chi connectivity index (χ2n) is 8.30. The van der Waals surface area contributed by atoms with E-state index in [9.17, 15) is 33.7 Å². The molecule has 21 heteroatoms. The lowest BCUT2D eigenvalue weighted by molar-refractivity contribution is -0.0967. The monoisotopic (exact) mass is 591 g/mol. The predicted molar refractivity (Wildman–Crippen MR) is 123 cm³/mol. The van der Waals surface area contributed by atoms with Crippen molar-refractivity contribution in [1.82, 2.24) is 19.5 Å². The smallest absolute Gasteiger partial charge is 0.390 e. The molecule has 2 heterocycles. The molecular weight excluding hydrogens is 567 g/mol. The van der Waals surface area contributed by atoms with Crippen LogP contribution in [0.5, 0.6) is 0 Å². The molecule has 0 saturated heterocycles. The summed E-state index contributed by atoms with van der Waals surface area (Å²) in [6.07, 6.45) is 1.19. The van der Waals surface area contributed by atoms with E-state index in [0.717, 1.165) is 0 Å². The zero-order valence-electron chi connectivity index (χ0n) is 18.7. The van der Waals surface area contributed by atoms with E-state index < -0.39 is 59.7 Å². The van der Waals surface area contributed by atoms with Crippen molar-refractivity contribution in [2.45, 2.75) is 36.2 Å². The molecule has 36 heavy (non-hydrogen) atoms. The van der Waals surface area contributed by atoms with Gasteiger partial charge in [0.25, 0.3) is 0 Å². The molecule has 2 saturated carbocycles. The van der Waals surface area contributed by atoms with Crippen LogP contribution in [-0.2, 0) is 26.8 Å². The van der Waals surface area contributed by atoms with E-state index in [0.29, 0.717) is 28.6 Å². The van der Waals surface area contributed by atoms with Crippen LogP contribution < -0.4 is 5.32 Å². The molecule has 2 aliphatic rings. The Morgan fingerprint density at radius 2 is 1.86 bits per heavy atom. The number of anilines is 1. The zero-order valence-corrected chi connectivity index (χ0v) is 22.2. The Labute approximate surface area is 207 Å². The molecule has 7 N–H and O–H groups in total. The number of phosphoric acid groups is 3. The maximum absolute atomic E-state index is 12.2. The Morgan fingerprint density at radius 3 is 2.42 bits per heavy atom. The summed E-state index contributed by atoms with van der Waals surface area (Å²) >= 11 is 1.29. The number of thioether (sulfide) groups is 1. The van der Waals surface area contributed by atoms with Crippen molar-refractivity contribution in [2.75, 3.05) is 25.2 Å². The first kappa shape index (κ1) is 28.0. The normalized spacial score (nSPS) is 31.4. The minimum absolute atomic E-state index is 0.265. The topological polar surface area (TPSA) is 256 Å². The second kappa shape index (κ2) is 9.65. The van der Waals surface area contributed by atoms with Gasteiger partial charge in [-0.3, -0.25) is 4.52 Å². The third kappa shape index (κ3) is 5.16. The second-order valence-corrected chi connectivity index (χ2v) is 13.5. The number of nitrogens with one attached hydrogen (secondary N) is 1. The highest BCUT2D eigenvalue weighted by Gasteiger charge is 2.66. The van der Waals surface area contributed by atoms with Crippen molar-refractivity contribution in [2.24, 2.45) is 11.3 Å². The number of aliphatic hydroxyl groups excluding tert-OH is 2. The molecule has 0 aromatic carbocycles. The van der Waals surface area contributed by atoms with E-state index in [1.165, 1.54) is 18.1 Å². The van der Waals surface area contributed by atoms with Gasteiger partial charge in [0.05, 0.1) is 25.1 Å². The Kier molecular flexibility index (Phi) is 7.52. The lowest BCUT2D eigenvalue weighted by Gasteiger charge is -2.47. The predicted octanol–water partition coefficient (Wildman–Crippen LogP) is 0.606. The largest absolute Gasteiger partial charge is 0.490 e. The minimum atomic E-state index is -5.69. The summed E-state index contributed by atoms with van der Waals surface area (Å²) in [5.41, 5.74) is -0.416. The molecule has 2 aromatic heterocycles. The van der Waals surface area contributed by atoms with Crippen LogP contribution in [0.1, 0.15) is 18.9 Å². The number of hydrogen-bond acceptors (Lipinski definition) is 13. The van der Waals surface area contributed by atoms with Gasteiger partial charge in [0.1, 0.15) is 6.10 Å². The van der Waals surface area contributed by atoms with Gasteiger partial charge in [-0.05, 0) is 25.0 Å². The maximum Gasteiger partial charge on any atom is 0.490 e. The lowest BCUT2D eigenvalue weighted by Crippen LogP contribution is -2.49. The number of imidazole rings is 1. The summed E-state index contributed by atoms with van der Waals surface area (Å²) in [5.74, 6) is -0.0263. The highest BCUT2D eigenvalue weighted by Crippen LogP contribution is 2.68. The fourth-order valence-electron chi connectivity index (χ4n) is 4.83. The summed E-state index contributed by atoms with van der Waals surface area (Å²) in [4.78, 5) is 49.6. The van der Waals surface area contributed by atoms with E-state index in [1.807, 2.05) is 0 Å². The Morgan fingerprint density at radius 1 is 1.17 bits per heavy atom. The fourth-order valence-corrected chi connectivity index (χ4v) is 8.29. The Balaban J connectivity index is 1.59. The number of fused-ring (bicyclic) bond motifs is 2. The molecule has 0 amide bonds. The van der Waals surface area contributed by atoms with Crippen molar-refractivity contribution in [1.29, 1.82) is 0 Å². The average molecular weight is 591 g/mol. The van der Waals surface area contributed by atoms with Gasteiger partial charge in [0, 0.05) is 12.5 Å². The molecular formula is C15H24N5O12P3S. The number of rotatable bonds is 10. The van der Waals surface area contributed by atoms with Crippen molar-refractivity contribution in [3.8, 4) is 0 Å². The molecule has 2 fully saturated rings. The highest BCUT2D eigenvalue weighted by molar-refractivity contribution is 7.98. The third-order valence-corrected chi connectivity index (χ3v) is 10.7. The van der Waals surface area contributed by atoms with Gasteiger partial charge in [-0.2, -0.15) is 8.62 Å². The summed E-state index contributed by atoms with van der Waals surface area (Å²) in [7, 11) is -15.0. The molecule has 202 valence electrons. The van der Waals surface area contributed by atoms with Gasteiger partial charge < -0.3 is 39.7 Å². The third-order valence-electron chi connectivity index (χ3n) is 6.39. The van der Waals surface area contributed by atoms with Crippen LogP contribution in [0.2, 0.25) is 0 Å². The highest BCUT2D eigenvalue weighted by atomic mass is 32.2. The fraction of sp³-hybridized carbons (Fsp3) is 0.667. The van der Waals surface area contributed by atoms with Crippen LogP contribution in [0.15, 0.2) is 11.5 Å². The molecule has 7 atom stereocenters. The van der Waals surface area contributed by atoms with Crippen LogP contribution in [0.25, 0.3) is 11.2 Å². The molecule has 0 aliphatic heterocycles. The van der Waals surface area contributed by atoms with Gasteiger partial charge >= 0.3 is 23.5 Å². The number of hydrogen-bond donors (Lipinski definition) is 7. The van der Waals surface area contributed by atoms with Gasteiger partial charge in [-0.25, -0.2) is 28.6 Å². The number of aliphatic hydroxyl groups is 2. The standard InChI is InChI=1S/C15H24N5O12P3S/c1-16-12-8-13(19-14(18-12)36-2)20(6-17-8)9-7-3-4-15(7,11(22)10(9)21)5-30-34(26,27)32-35(28,29)31-33(23,24)25/h6-7,9-11,21-22H,3-5H2,1-2H3,(H,26,27)(H,28,29)(H,16,18,19)(H2,23,24,25)/t7-,9-,10+,11+,15+/m1/s1. The summed E-state index contributed by atoms with van der Waals surface area (Å²) < 4.78 is 48.5. The summed E-state index contributed by atoms with van der Waals surface area (Å²) in [6.45, 7) is -0.685. The van der Waals surface area contributed by atoms with E-state index in [2.05, 4.69) is 28.9 Å². The molecule has 0 radical (unpaired) electrons. The van der Waals surface area contributed by atoms with Crippen molar-refractivity contribution < 1.29 is 56.6 Å². The van der Waals surface area contributed by atoms with Crippen LogP contribution in [-0.4, -0.2) is 81.4 Å². The molecule has 4 rings (SSSR count). The van der Waals surface area contributed by atoms with Crippen molar-refractivity contribution in [3.63, 3.8) is 0 Å². The van der Waals surface area contributed by atoms with Gasteiger partial charge in [0.2, 0.25) is 0 Å². The van der Waals surface area contributed by atoms with Crippen molar-refractivity contribution >= 4 is 52.2 Å².